The number of hydrogen-bond acceptors (Lipinski definition) is 0. The number of fused-ring (bicyclic) bond motifs is 3. The second-order valence-electron chi connectivity index (χ2n) is 8.90. The number of benzene rings is 4. The molecule has 0 spiro atoms. The standard InChI is InChI=1S/C27H26P.F6P/c1-2-21-19-28(23-12-5-3-6-13-23,24-14-7-4-8-15-24)20-27-25-16-10-9-11-22(25)17-18-26(21)27;1-7(2,3,4,5)6/h3-18,21H,2,19-20H2,1H3;/q+1;-1. The van der Waals surface area contributed by atoms with Crippen molar-refractivity contribution in [2.45, 2.75) is 25.4 Å². The molecule has 1 heterocycles. The van der Waals surface area contributed by atoms with E-state index in [9.17, 15) is 25.2 Å². The molecule has 4 aromatic carbocycles. The van der Waals surface area contributed by atoms with Gasteiger partial charge in [-0.1, -0.05) is 79.7 Å². The Labute approximate surface area is 201 Å². The van der Waals surface area contributed by atoms with Crippen molar-refractivity contribution >= 4 is 36.5 Å². The average molecular weight is 526 g/mol. The van der Waals surface area contributed by atoms with Crippen LogP contribution in [0.15, 0.2) is 97.1 Å². The van der Waals surface area contributed by atoms with Gasteiger partial charge in [0.05, 0.1) is 30.2 Å². The van der Waals surface area contributed by atoms with E-state index in [1.54, 1.807) is 21.7 Å². The van der Waals surface area contributed by atoms with E-state index in [1.807, 2.05) is 0 Å². The van der Waals surface area contributed by atoms with Gasteiger partial charge in [0.15, 0.2) is 0 Å². The van der Waals surface area contributed by atoms with Crippen LogP contribution in [0.25, 0.3) is 10.8 Å². The van der Waals surface area contributed by atoms with Gasteiger partial charge in [-0.05, 0) is 47.0 Å². The summed E-state index contributed by atoms with van der Waals surface area (Å²) in [7, 11) is -12.2. The van der Waals surface area contributed by atoms with E-state index in [0.29, 0.717) is 5.92 Å². The first-order valence-corrected chi connectivity index (χ1v) is 15.5. The SMILES string of the molecule is CCC1C[P+](c2ccccc2)(c2ccccc2)Cc2c1ccc1ccccc21.F[P-](F)(F)(F)(F)F. The number of hydrogen-bond donors (Lipinski definition) is 0. The molecule has 1 aliphatic heterocycles. The van der Waals surface area contributed by atoms with Crippen LogP contribution in [0.2, 0.25) is 0 Å². The zero-order valence-corrected chi connectivity index (χ0v) is 20.9. The van der Waals surface area contributed by atoms with E-state index in [2.05, 4.69) is 104 Å². The zero-order chi connectivity index (χ0) is 25.4. The van der Waals surface area contributed by atoms with Crippen LogP contribution < -0.4 is 10.6 Å². The molecule has 1 atom stereocenters. The minimum atomic E-state index is -10.7. The molecule has 4 aromatic rings. The molecule has 0 nitrogen and oxygen atoms in total. The van der Waals surface area contributed by atoms with Crippen molar-refractivity contribution in [2.75, 3.05) is 6.16 Å². The third-order valence-electron chi connectivity index (χ3n) is 6.47. The summed E-state index contributed by atoms with van der Waals surface area (Å²) in [6.45, 7) is 2.36. The van der Waals surface area contributed by atoms with Crippen LogP contribution in [0.3, 0.4) is 0 Å². The van der Waals surface area contributed by atoms with Gasteiger partial charge in [-0.25, -0.2) is 0 Å². The maximum absolute atomic E-state index is 10.7. The van der Waals surface area contributed by atoms with Gasteiger partial charge in [-0.3, -0.25) is 0 Å². The zero-order valence-electron chi connectivity index (χ0n) is 19.1. The Kier molecular flexibility index (Phi) is 6.31. The van der Waals surface area contributed by atoms with Gasteiger partial charge in [-0.2, -0.15) is 0 Å². The van der Waals surface area contributed by atoms with Gasteiger partial charge in [-0.15, -0.1) is 0 Å². The second kappa shape index (κ2) is 8.61. The summed E-state index contributed by atoms with van der Waals surface area (Å²) >= 11 is 0. The Balaban J connectivity index is 0.000000364. The molecule has 8 heteroatoms. The molecule has 0 radical (unpaired) electrons. The van der Waals surface area contributed by atoms with Crippen LogP contribution in [0.4, 0.5) is 25.2 Å². The summed E-state index contributed by atoms with van der Waals surface area (Å²) in [5.74, 6) is 0.627. The first-order chi connectivity index (χ1) is 16.3. The molecule has 0 aliphatic carbocycles. The average Bonchev–Trinajstić information content (AvgIpc) is 2.82. The first-order valence-electron chi connectivity index (χ1n) is 11.3. The molecule has 1 unspecified atom stereocenters. The Hall–Kier alpha value is -2.42. The summed E-state index contributed by atoms with van der Waals surface area (Å²) in [5, 5.41) is 5.93. The van der Waals surface area contributed by atoms with E-state index >= 15 is 0 Å². The van der Waals surface area contributed by atoms with Crippen LogP contribution in [0.5, 0.6) is 0 Å². The second-order valence-corrected chi connectivity index (χ2v) is 14.5. The fourth-order valence-electron chi connectivity index (χ4n) is 5.04. The first kappa shape index (κ1) is 25.7. The Morgan fingerprint density at radius 3 is 1.69 bits per heavy atom. The van der Waals surface area contributed by atoms with Crippen LogP contribution in [0, 0.1) is 0 Å². The van der Waals surface area contributed by atoms with Crippen LogP contribution in [0.1, 0.15) is 30.4 Å². The molecule has 0 bridgehead atoms. The van der Waals surface area contributed by atoms with Gasteiger partial charge < -0.3 is 0 Å². The predicted molar refractivity (Wildman–Crippen MR) is 138 cm³/mol. The van der Waals surface area contributed by atoms with Crippen molar-refractivity contribution in [3.63, 3.8) is 0 Å². The van der Waals surface area contributed by atoms with Crippen LogP contribution >= 0.6 is 15.1 Å². The molecular formula is C27H26F6P2. The molecular weight excluding hydrogens is 500 g/mol. The van der Waals surface area contributed by atoms with Gasteiger partial charge in [0.1, 0.15) is 0 Å². The van der Waals surface area contributed by atoms with Crippen molar-refractivity contribution in [3.05, 3.63) is 108 Å². The summed E-state index contributed by atoms with van der Waals surface area (Å²) in [5.41, 5.74) is 3.18. The quantitative estimate of drug-likeness (QED) is 0.184. The van der Waals surface area contributed by atoms with E-state index in [1.165, 1.54) is 29.5 Å². The summed E-state index contributed by atoms with van der Waals surface area (Å²) in [6, 6.07) is 36.4. The minimum absolute atomic E-state index is 0.627. The van der Waals surface area contributed by atoms with Crippen LogP contribution in [-0.4, -0.2) is 6.16 Å². The topological polar surface area (TPSA) is 0 Å². The molecule has 0 fully saturated rings. The van der Waals surface area contributed by atoms with E-state index < -0.39 is 15.1 Å². The van der Waals surface area contributed by atoms with E-state index in [0.717, 1.165) is 0 Å². The molecule has 0 amide bonds. The van der Waals surface area contributed by atoms with Crippen LogP contribution in [-0.2, 0) is 6.16 Å². The van der Waals surface area contributed by atoms with Crippen molar-refractivity contribution < 1.29 is 25.2 Å². The molecule has 1 aliphatic rings. The fraction of sp³-hybridized carbons (Fsp3) is 0.185. The van der Waals surface area contributed by atoms with Gasteiger partial charge >= 0.3 is 33.0 Å². The van der Waals surface area contributed by atoms with E-state index in [4.69, 9.17) is 0 Å². The van der Waals surface area contributed by atoms with Gasteiger partial charge in [0, 0.05) is 11.5 Å². The Morgan fingerprint density at radius 1 is 0.686 bits per heavy atom. The summed E-state index contributed by atoms with van der Waals surface area (Å²) in [4.78, 5) is 0. The Bertz CT molecular complexity index is 1270. The molecule has 0 saturated heterocycles. The van der Waals surface area contributed by atoms with Crippen molar-refractivity contribution in [2.24, 2.45) is 0 Å². The van der Waals surface area contributed by atoms with Crippen molar-refractivity contribution in [3.8, 4) is 0 Å². The monoisotopic (exact) mass is 526 g/mol. The normalized spacial score (nSPS) is 19.0. The fourth-order valence-corrected chi connectivity index (χ4v) is 9.84. The number of rotatable bonds is 3. The van der Waals surface area contributed by atoms with Gasteiger partial charge in [0.2, 0.25) is 0 Å². The molecule has 35 heavy (non-hydrogen) atoms. The maximum atomic E-state index is 9.87. The molecule has 0 N–H and O–H groups in total. The molecule has 5 rings (SSSR count). The van der Waals surface area contributed by atoms with E-state index in [-0.39, 0.29) is 0 Å². The predicted octanol–water partition coefficient (Wildman–Crippen LogP) is 9.90. The summed E-state index contributed by atoms with van der Waals surface area (Å²) < 4.78 is 59.2. The third kappa shape index (κ3) is 6.42. The molecule has 0 saturated carbocycles. The van der Waals surface area contributed by atoms with Crippen molar-refractivity contribution in [1.29, 1.82) is 0 Å². The Morgan fingerprint density at radius 2 is 1.17 bits per heavy atom. The number of halogens is 6. The molecule has 0 aromatic heterocycles. The van der Waals surface area contributed by atoms with Gasteiger partial charge in [0.25, 0.3) is 0 Å². The van der Waals surface area contributed by atoms with Crippen molar-refractivity contribution in [1.82, 2.24) is 0 Å². The third-order valence-corrected chi connectivity index (χ3v) is 11.0. The summed E-state index contributed by atoms with van der Waals surface area (Å²) in [6.07, 6.45) is 3.66. The molecule has 186 valence electrons.